The SMILES string of the molecule is NCC1CCCCN1C(N)=O. The van der Waals surface area contributed by atoms with E-state index >= 15 is 0 Å². The van der Waals surface area contributed by atoms with Gasteiger partial charge in [-0.05, 0) is 19.3 Å². The smallest absolute Gasteiger partial charge is 0.315 e. The number of hydrogen-bond acceptors (Lipinski definition) is 2. The van der Waals surface area contributed by atoms with E-state index in [2.05, 4.69) is 0 Å². The summed E-state index contributed by atoms with van der Waals surface area (Å²) >= 11 is 0. The topological polar surface area (TPSA) is 72.3 Å². The summed E-state index contributed by atoms with van der Waals surface area (Å²) in [5.74, 6) is 0. The van der Waals surface area contributed by atoms with E-state index in [0.29, 0.717) is 6.54 Å². The molecule has 0 radical (unpaired) electrons. The fraction of sp³-hybridized carbons (Fsp3) is 0.857. The molecule has 0 aromatic heterocycles. The third kappa shape index (κ3) is 1.83. The van der Waals surface area contributed by atoms with Crippen molar-refractivity contribution in [2.45, 2.75) is 25.3 Å². The molecule has 1 aliphatic rings. The van der Waals surface area contributed by atoms with Crippen LogP contribution >= 0.6 is 0 Å². The van der Waals surface area contributed by atoms with Crippen molar-refractivity contribution < 1.29 is 4.79 Å². The van der Waals surface area contributed by atoms with Crippen LogP contribution in [0.25, 0.3) is 0 Å². The predicted octanol–water partition coefficient (Wildman–Crippen LogP) is -0.122. The van der Waals surface area contributed by atoms with Gasteiger partial charge in [-0.25, -0.2) is 4.79 Å². The molecule has 1 fully saturated rings. The zero-order valence-electron chi connectivity index (χ0n) is 6.62. The Morgan fingerprint density at radius 1 is 1.55 bits per heavy atom. The number of urea groups is 1. The first-order chi connectivity index (χ1) is 5.25. The summed E-state index contributed by atoms with van der Waals surface area (Å²) < 4.78 is 0. The normalized spacial score (nSPS) is 25.2. The first-order valence-electron chi connectivity index (χ1n) is 4.02. The second kappa shape index (κ2) is 3.57. The van der Waals surface area contributed by atoms with Gasteiger partial charge in [-0.1, -0.05) is 0 Å². The second-order valence-corrected chi connectivity index (χ2v) is 2.92. The molecule has 4 N–H and O–H groups in total. The molecule has 1 aliphatic heterocycles. The van der Waals surface area contributed by atoms with Crippen LogP contribution in [0.1, 0.15) is 19.3 Å². The van der Waals surface area contributed by atoms with Gasteiger partial charge in [0, 0.05) is 19.1 Å². The highest BCUT2D eigenvalue weighted by Crippen LogP contribution is 2.14. The van der Waals surface area contributed by atoms with E-state index in [1.165, 1.54) is 0 Å². The van der Waals surface area contributed by atoms with Gasteiger partial charge < -0.3 is 16.4 Å². The Balaban J connectivity index is 2.51. The molecule has 1 rings (SSSR count). The summed E-state index contributed by atoms with van der Waals surface area (Å²) in [4.78, 5) is 12.5. The van der Waals surface area contributed by atoms with Crippen molar-refractivity contribution in [2.75, 3.05) is 13.1 Å². The standard InChI is InChI=1S/C7H15N3O/c8-5-6-3-1-2-4-10(6)7(9)11/h6H,1-5,8H2,(H2,9,11). The molecule has 2 amide bonds. The Kier molecular flexibility index (Phi) is 2.70. The molecule has 64 valence electrons. The predicted molar refractivity (Wildman–Crippen MR) is 43.0 cm³/mol. The molecule has 0 aromatic rings. The van der Waals surface area contributed by atoms with E-state index in [1.807, 2.05) is 0 Å². The number of carbonyl (C=O) groups excluding carboxylic acids is 1. The largest absolute Gasteiger partial charge is 0.351 e. The molecule has 0 aliphatic carbocycles. The average Bonchev–Trinajstić information content (AvgIpc) is 2.04. The van der Waals surface area contributed by atoms with Crippen molar-refractivity contribution in [2.24, 2.45) is 11.5 Å². The number of likely N-dealkylation sites (tertiary alicyclic amines) is 1. The number of primary amides is 1. The summed E-state index contributed by atoms with van der Waals surface area (Å²) in [5.41, 5.74) is 10.6. The van der Waals surface area contributed by atoms with Gasteiger partial charge in [0.1, 0.15) is 0 Å². The van der Waals surface area contributed by atoms with Crippen LogP contribution in [-0.4, -0.2) is 30.1 Å². The highest BCUT2D eigenvalue weighted by molar-refractivity contribution is 5.72. The van der Waals surface area contributed by atoms with Gasteiger partial charge in [0.05, 0.1) is 0 Å². The number of rotatable bonds is 1. The minimum absolute atomic E-state index is 0.182. The molecule has 1 heterocycles. The maximum atomic E-state index is 10.8. The molecule has 4 heteroatoms. The monoisotopic (exact) mass is 157 g/mol. The minimum Gasteiger partial charge on any atom is -0.351 e. The van der Waals surface area contributed by atoms with E-state index in [9.17, 15) is 4.79 Å². The Hall–Kier alpha value is -0.770. The maximum absolute atomic E-state index is 10.8. The fourth-order valence-corrected chi connectivity index (χ4v) is 1.54. The molecule has 0 bridgehead atoms. The molecular formula is C7H15N3O. The Morgan fingerprint density at radius 2 is 2.27 bits per heavy atom. The lowest BCUT2D eigenvalue weighted by molar-refractivity contribution is 0.162. The van der Waals surface area contributed by atoms with Gasteiger partial charge in [-0.3, -0.25) is 0 Å². The lowest BCUT2D eigenvalue weighted by Crippen LogP contribution is -2.49. The van der Waals surface area contributed by atoms with Crippen LogP contribution in [0.4, 0.5) is 4.79 Å². The Labute approximate surface area is 66.5 Å². The van der Waals surface area contributed by atoms with Crippen molar-refractivity contribution in [1.29, 1.82) is 0 Å². The lowest BCUT2D eigenvalue weighted by Gasteiger charge is -2.33. The molecule has 1 saturated heterocycles. The Bertz CT molecular complexity index is 149. The lowest BCUT2D eigenvalue weighted by atomic mass is 10.0. The number of nitrogens with two attached hydrogens (primary N) is 2. The van der Waals surface area contributed by atoms with Crippen molar-refractivity contribution in [3.63, 3.8) is 0 Å². The van der Waals surface area contributed by atoms with Gasteiger partial charge in [-0.2, -0.15) is 0 Å². The quantitative estimate of drug-likeness (QED) is 0.557. The van der Waals surface area contributed by atoms with E-state index in [1.54, 1.807) is 4.90 Å². The number of nitrogens with zero attached hydrogens (tertiary/aromatic N) is 1. The summed E-state index contributed by atoms with van der Waals surface area (Å²) in [6.45, 7) is 1.31. The van der Waals surface area contributed by atoms with Crippen LogP contribution in [0.2, 0.25) is 0 Å². The van der Waals surface area contributed by atoms with Crippen LogP contribution in [0.3, 0.4) is 0 Å². The summed E-state index contributed by atoms with van der Waals surface area (Å²) in [7, 11) is 0. The maximum Gasteiger partial charge on any atom is 0.315 e. The third-order valence-electron chi connectivity index (χ3n) is 2.18. The van der Waals surface area contributed by atoms with Crippen LogP contribution < -0.4 is 11.5 Å². The molecule has 11 heavy (non-hydrogen) atoms. The second-order valence-electron chi connectivity index (χ2n) is 2.92. The van der Waals surface area contributed by atoms with Gasteiger partial charge in [-0.15, -0.1) is 0 Å². The molecule has 0 spiro atoms. The average molecular weight is 157 g/mol. The first-order valence-corrected chi connectivity index (χ1v) is 4.02. The van der Waals surface area contributed by atoms with Gasteiger partial charge in [0.25, 0.3) is 0 Å². The zero-order chi connectivity index (χ0) is 8.27. The number of piperidine rings is 1. The van der Waals surface area contributed by atoms with Gasteiger partial charge >= 0.3 is 6.03 Å². The highest BCUT2D eigenvalue weighted by Gasteiger charge is 2.23. The van der Waals surface area contributed by atoms with E-state index in [-0.39, 0.29) is 12.1 Å². The highest BCUT2D eigenvalue weighted by atomic mass is 16.2. The van der Waals surface area contributed by atoms with Crippen LogP contribution in [0, 0.1) is 0 Å². The molecule has 1 unspecified atom stereocenters. The van der Waals surface area contributed by atoms with Crippen molar-refractivity contribution >= 4 is 6.03 Å². The van der Waals surface area contributed by atoms with Crippen molar-refractivity contribution in [3.05, 3.63) is 0 Å². The van der Waals surface area contributed by atoms with E-state index in [0.717, 1.165) is 25.8 Å². The van der Waals surface area contributed by atoms with Crippen molar-refractivity contribution in [1.82, 2.24) is 4.90 Å². The zero-order valence-corrected chi connectivity index (χ0v) is 6.62. The fourth-order valence-electron chi connectivity index (χ4n) is 1.54. The van der Waals surface area contributed by atoms with Crippen LogP contribution in [0.5, 0.6) is 0 Å². The first kappa shape index (κ1) is 8.33. The number of hydrogen-bond donors (Lipinski definition) is 2. The van der Waals surface area contributed by atoms with E-state index < -0.39 is 0 Å². The minimum atomic E-state index is -0.333. The van der Waals surface area contributed by atoms with Crippen LogP contribution in [0.15, 0.2) is 0 Å². The molecular weight excluding hydrogens is 142 g/mol. The van der Waals surface area contributed by atoms with E-state index in [4.69, 9.17) is 11.5 Å². The number of carbonyl (C=O) groups is 1. The van der Waals surface area contributed by atoms with Gasteiger partial charge in [0.2, 0.25) is 0 Å². The summed E-state index contributed by atoms with van der Waals surface area (Å²) in [5, 5.41) is 0. The number of amides is 2. The molecule has 0 saturated carbocycles. The third-order valence-corrected chi connectivity index (χ3v) is 2.18. The molecule has 0 aromatic carbocycles. The molecule has 1 atom stereocenters. The summed E-state index contributed by atoms with van der Waals surface area (Å²) in [6.07, 6.45) is 3.21. The Morgan fingerprint density at radius 3 is 2.73 bits per heavy atom. The molecule has 4 nitrogen and oxygen atoms in total. The summed E-state index contributed by atoms with van der Waals surface area (Å²) in [6, 6.07) is -0.151. The van der Waals surface area contributed by atoms with Gasteiger partial charge in [0.15, 0.2) is 0 Å². The van der Waals surface area contributed by atoms with Crippen LogP contribution in [-0.2, 0) is 0 Å². The van der Waals surface area contributed by atoms with Crippen molar-refractivity contribution in [3.8, 4) is 0 Å².